The fraction of sp³-hybridized carbons (Fsp3) is 0.300. The SMILES string of the molecule is O=C(COc1ccc(Cl)cc1)N=C1S[C@@H]2CS(=O)(=O)C[C@H]2N1c1cc(C(F)(F)F)ccc1Cl. The van der Waals surface area contributed by atoms with Crippen LogP contribution in [0.15, 0.2) is 47.5 Å². The molecule has 33 heavy (non-hydrogen) atoms. The van der Waals surface area contributed by atoms with E-state index in [0.717, 1.165) is 30.0 Å². The number of nitrogens with zero attached hydrogens (tertiary/aromatic N) is 2. The van der Waals surface area contributed by atoms with Crippen LogP contribution in [-0.2, 0) is 20.8 Å². The van der Waals surface area contributed by atoms with Crippen molar-refractivity contribution in [1.29, 1.82) is 0 Å². The normalized spacial score (nSPS) is 23.1. The average molecular weight is 539 g/mol. The number of sulfone groups is 1. The van der Waals surface area contributed by atoms with Crippen molar-refractivity contribution in [3.05, 3.63) is 58.1 Å². The van der Waals surface area contributed by atoms with Crippen LogP contribution in [0.25, 0.3) is 0 Å². The number of hydrogen-bond donors (Lipinski definition) is 0. The Hall–Kier alpha value is -1.95. The van der Waals surface area contributed by atoms with E-state index in [2.05, 4.69) is 4.99 Å². The second-order valence-corrected chi connectivity index (χ2v) is 11.6. The number of rotatable bonds is 4. The zero-order chi connectivity index (χ0) is 24.0. The number of carbonyl (C=O) groups is 1. The van der Waals surface area contributed by atoms with Gasteiger partial charge in [-0.1, -0.05) is 35.0 Å². The number of amidine groups is 1. The Morgan fingerprint density at radius 3 is 2.52 bits per heavy atom. The van der Waals surface area contributed by atoms with E-state index in [1.54, 1.807) is 24.3 Å². The number of halogens is 5. The summed E-state index contributed by atoms with van der Waals surface area (Å²) in [6.07, 6.45) is -4.63. The molecule has 2 aliphatic rings. The van der Waals surface area contributed by atoms with Crippen LogP contribution in [0.4, 0.5) is 18.9 Å². The Morgan fingerprint density at radius 1 is 1.15 bits per heavy atom. The maximum Gasteiger partial charge on any atom is 0.416 e. The molecule has 2 fully saturated rings. The third-order valence-corrected chi connectivity index (χ3v) is 8.78. The summed E-state index contributed by atoms with van der Waals surface area (Å²) in [5.41, 5.74) is -1.01. The van der Waals surface area contributed by atoms with E-state index in [-0.39, 0.29) is 27.4 Å². The van der Waals surface area contributed by atoms with Gasteiger partial charge in [0.1, 0.15) is 5.75 Å². The molecular formula is C20H15Cl2F3N2O4S2. The van der Waals surface area contributed by atoms with Gasteiger partial charge in [-0.25, -0.2) is 8.42 Å². The molecule has 176 valence electrons. The molecule has 2 aromatic carbocycles. The molecule has 0 bridgehead atoms. The molecular weight excluding hydrogens is 524 g/mol. The Kier molecular flexibility index (Phi) is 6.60. The van der Waals surface area contributed by atoms with E-state index in [0.29, 0.717) is 10.8 Å². The van der Waals surface area contributed by atoms with E-state index in [9.17, 15) is 26.4 Å². The van der Waals surface area contributed by atoms with Crippen molar-refractivity contribution < 1.29 is 31.1 Å². The number of amides is 1. The van der Waals surface area contributed by atoms with E-state index in [4.69, 9.17) is 27.9 Å². The Morgan fingerprint density at radius 2 is 1.85 bits per heavy atom. The van der Waals surface area contributed by atoms with Gasteiger partial charge in [0, 0.05) is 10.3 Å². The van der Waals surface area contributed by atoms with Crippen molar-refractivity contribution in [2.45, 2.75) is 17.5 Å². The number of aliphatic imine (C=N–C) groups is 1. The Balaban J connectivity index is 1.64. The molecule has 2 atom stereocenters. The smallest absolute Gasteiger partial charge is 0.416 e. The molecule has 13 heteroatoms. The van der Waals surface area contributed by atoms with Crippen molar-refractivity contribution in [2.75, 3.05) is 23.0 Å². The molecule has 2 heterocycles. The maximum atomic E-state index is 13.3. The van der Waals surface area contributed by atoms with Gasteiger partial charge in [0.15, 0.2) is 21.6 Å². The third-order valence-electron chi connectivity index (χ3n) is 5.00. The van der Waals surface area contributed by atoms with Gasteiger partial charge in [0.25, 0.3) is 5.91 Å². The zero-order valence-electron chi connectivity index (χ0n) is 16.6. The van der Waals surface area contributed by atoms with E-state index in [1.807, 2.05) is 0 Å². The molecule has 2 aliphatic heterocycles. The van der Waals surface area contributed by atoms with Crippen LogP contribution in [-0.4, -0.2) is 48.9 Å². The summed E-state index contributed by atoms with van der Waals surface area (Å²) in [6, 6.07) is 8.35. The predicted molar refractivity (Wildman–Crippen MR) is 122 cm³/mol. The highest BCUT2D eigenvalue weighted by molar-refractivity contribution is 8.16. The van der Waals surface area contributed by atoms with Crippen LogP contribution in [0.2, 0.25) is 10.0 Å². The fourth-order valence-corrected chi connectivity index (χ4v) is 7.79. The highest BCUT2D eigenvalue weighted by Crippen LogP contribution is 2.44. The van der Waals surface area contributed by atoms with Crippen LogP contribution in [0.1, 0.15) is 5.56 Å². The maximum absolute atomic E-state index is 13.3. The lowest BCUT2D eigenvalue weighted by Crippen LogP contribution is -2.38. The number of fused-ring (bicyclic) bond motifs is 1. The molecule has 0 aliphatic carbocycles. The summed E-state index contributed by atoms with van der Waals surface area (Å²) in [5.74, 6) is -0.772. The number of ether oxygens (including phenoxy) is 1. The summed E-state index contributed by atoms with van der Waals surface area (Å²) in [4.78, 5) is 17.8. The molecule has 2 saturated heterocycles. The van der Waals surface area contributed by atoms with Crippen molar-refractivity contribution in [2.24, 2.45) is 4.99 Å². The van der Waals surface area contributed by atoms with Gasteiger partial charge in [-0.05, 0) is 42.5 Å². The van der Waals surface area contributed by atoms with Gasteiger partial charge in [0.05, 0.1) is 33.8 Å². The van der Waals surface area contributed by atoms with Gasteiger partial charge >= 0.3 is 6.18 Å². The molecule has 1 amide bonds. The minimum Gasteiger partial charge on any atom is -0.484 e. The molecule has 4 rings (SSSR count). The molecule has 0 unspecified atom stereocenters. The molecule has 0 N–H and O–H groups in total. The third kappa shape index (κ3) is 5.42. The van der Waals surface area contributed by atoms with E-state index >= 15 is 0 Å². The first-order valence-corrected chi connectivity index (χ1v) is 12.9. The number of alkyl halides is 3. The first kappa shape index (κ1) is 24.2. The summed E-state index contributed by atoms with van der Waals surface area (Å²) < 4.78 is 69.6. The monoisotopic (exact) mass is 538 g/mol. The number of hydrogen-bond acceptors (Lipinski definition) is 5. The van der Waals surface area contributed by atoms with Crippen molar-refractivity contribution >= 4 is 61.6 Å². The molecule has 6 nitrogen and oxygen atoms in total. The molecule has 0 spiro atoms. The van der Waals surface area contributed by atoms with Crippen molar-refractivity contribution in [3.8, 4) is 5.75 Å². The number of thioether (sulfide) groups is 1. The second kappa shape index (κ2) is 9.01. The van der Waals surface area contributed by atoms with Crippen LogP contribution < -0.4 is 9.64 Å². The largest absolute Gasteiger partial charge is 0.484 e. The average Bonchev–Trinajstić information content (AvgIpc) is 3.18. The summed E-state index contributed by atoms with van der Waals surface area (Å²) in [6.45, 7) is -0.427. The number of benzene rings is 2. The molecule has 2 aromatic rings. The number of carbonyl (C=O) groups excluding carboxylic acids is 1. The molecule has 0 radical (unpaired) electrons. The molecule has 0 saturated carbocycles. The lowest BCUT2D eigenvalue weighted by molar-refractivity contribution is -0.137. The quantitative estimate of drug-likeness (QED) is 0.561. The van der Waals surface area contributed by atoms with Gasteiger partial charge in [-0.15, -0.1) is 0 Å². The lowest BCUT2D eigenvalue weighted by Gasteiger charge is -2.26. The standard InChI is InChI=1S/C20H15Cl2F3N2O4S2/c21-12-2-4-13(5-3-12)31-8-18(28)26-19-27(16-9-33(29,30)10-17(16)32-19)15-7-11(20(23,24)25)1-6-14(15)22/h1-7,16-17H,8-10H2/t16-,17-/m1/s1. The Bertz CT molecular complexity index is 1220. The summed E-state index contributed by atoms with van der Waals surface area (Å²) in [7, 11) is -3.40. The first-order chi connectivity index (χ1) is 15.4. The predicted octanol–water partition coefficient (Wildman–Crippen LogP) is 4.69. The second-order valence-electron chi connectivity index (χ2n) is 7.37. The molecule has 0 aromatic heterocycles. The van der Waals surface area contributed by atoms with E-state index < -0.39 is 45.4 Å². The highest BCUT2D eigenvalue weighted by atomic mass is 35.5. The van der Waals surface area contributed by atoms with Gasteiger partial charge < -0.3 is 9.64 Å². The topological polar surface area (TPSA) is 76.0 Å². The van der Waals surface area contributed by atoms with Crippen LogP contribution in [0.3, 0.4) is 0 Å². The Labute approximate surface area is 201 Å². The van der Waals surface area contributed by atoms with Gasteiger partial charge in [-0.3, -0.25) is 4.79 Å². The first-order valence-electron chi connectivity index (χ1n) is 9.46. The summed E-state index contributed by atoms with van der Waals surface area (Å²) in [5, 5.41) is 0.0488. The van der Waals surface area contributed by atoms with E-state index in [1.165, 1.54) is 4.90 Å². The van der Waals surface area contributed by atoms with Crippen LogP contribution >= 0.6 is 35.0 Å². The summed E-state index contributed by atoms with van der Waals surface area (Å²) >= 11 is 13.0. The highest BCUT2D eigenvalue weighted by Gasteiger charge is 2.50. The zero-order valence-corrected chi connectivity index (χ0v) is 19.7. The van der Waals surface area contributed by atoms with Crippen LogP contribution in [0, 0.1) is 0 Å². The van der Waals surface area contributed by atoms with Crippen LogP contribution in [0.5, 0.6) is 5.75 Å². The lowest BCUT2D eigenvalue weighted by atomic mass is 10.1. The minimum absolute atomic E-state index is 0.0221. The number of anilines is 1. The van der Waals surface area contributed by atoms with Gasteiger partial charge in [-0.2, -0.15) is 18.2 Å². The van der Waals surface area contributed by atoms with Crippen molar-refractivity contribution in [1.82, 2.24) is 0 Å². The van der Waals surface area contributed by atoms with Gasteiger partial charge in [0.2, 0.25) is 0 Å². The fourth-order valence-electron chi connectivity index (χ4n) is 3.53. The minimum atomic E-state index is -4.63. The van der Waals surface area contributed by atoms with Crippen molar-refractivity contribution in [3.63, 3.8) is 0 Å².